The standard InChI is InChI=1S/C30H26BrCl2IN4O5S/c1-3-41-29(40)26-16(2)36-30(44)37-27(26)19-6-4-5-7-24(19)42-15-25(39)38-35-13-18-10-20(31)28(23(34)12-18)43-14-17-8-9-21(32)22(33)11-17/h4-13,27H,3,14-15H2,1-2H3,(H,38,39)(H2,36,37,44)/t27-/m1/s1. The van der Waals surface area contributed by atoms with Gasteiger partial charge in [0.15, 0.2) is 11.7 Å². The van der Waals surface area contributed by atoms with Crippen molar-refractivity contribution in [2.75, 3.05) is 13.2 Å². The number of carbonyl (C=O) groups excluding carboxylic acids is 2. The van der Waals surface area contributed by atoms with E-state index in [0.29, 0.717) is 50.1 Å². The van der Waals surface area contributed by atoms with Crippen LogP contribution in [-0.2, 0) is 20.9 Å². The lowest BCUT2D eigenvalue weighted by Crippen LogP contribution is -2.45. The fourth-order valence-corrected chi connectivity index (χ4v) is 6.55. The molecule has 0 saturated carbocycles. The Balaban J connectivity index is 1.37. The largest absolute Gasteiger partial charge is 0.487 e. The molecular weight excluding hydrogens is 806 g/mol. The molecule has 4 rings (SSSR count). The average Bonchev–Trinajstić information content (AvgIpc) is 2.97. The lowest BCUT2D eigenvalue weighted by atomic mass is 9.95. The van der Waals surface area contributed by atoms with Crippen LogP contribution in [0.3, 0.4) is 0 Å². The maximum atomic E-state index is 12.7. The molecule has 0 fully saturated rings. The molecule has 0 radical (unpaired) electrons. The van der Waals surface area contributed by atoms with Crippen LogP contribution in [0.25, 0.3) is 0 Å². The number of benzene rings is 3. The minimum Gasteiger partial charge on any atom is -0.487 e. The Hall–Kier alpha value is -2.91. The van der Waals surface area contributed by atoms with Gasteiger partial charge in [-0.1, -0.05) is 47.5 Å². The number of hydrogen-bond acceptors (Lipinski definition) is 7. The minimum atomic E-state index is -0.628. The highest BCUT2D eigenvalue weighted by atomic mass is 127. The molecule has 0 aromatic heterocycles. The first-order chi connectivity index (χ1) is 21.1. The molecule has 0 unspecified atom stereocenters. The van der Waals surface area contributed by atoms with Crippen LogP contribution in [0, 0.1) is 3.57 Å². The first-order valence-electron chi connectivity index (χ1n) is 13.1. The lowest BCUT2D eigenvalue weighted by Gasteiger charge is -2.30. The highest BCUT2D eigenvalue weighted by Gasteiger charge is 2.32. The van der Waals surface area contributed by atoms with Gasteiger partial charge >= 0.3 is 5.97 Å². The summed E-state index contributed by atoms with van der Waals surface area (Å²) in [5.41, 5.74) is 5.65. The third-order valence-corrected chi connectivity index (χ3v) is 8.49. The molecule has 9 nitrogen and oxygen atoms in total. The van der Waals surface area contributed by atoms with Gasteiger partial charge in [-0.3, -0.25) is 4.79 Å². The van der Waals surface area contributed by atoms with Gasteiger partial charge in [-0.2, -0.15) is 5.10 Å². The van der Waals surface area contributed by atoms with Crippen LogP contribution in [0.4, 0.5) is 0 Å². The quantitative estimate of drug-likeness (QED) is 0.0636. The van der Waals surface area contributed by atoms with Crippen molar-refractivity contribution in [3.05, 3.63) is 101 Å². The van der Waals surface area contributed by atoms with Crippen LogP contribution < -0.4 is 25.5 Å². The van der Waals surface area contributed by atoms with Gasteiger partial charge in [0.05, 0.1) is 42.5 Å². The van der Waals surface area contributed by atoms with Crippen molar-refractivity contribution < 1.29 is 23.8 Å². The van der Waals surface area contributed by atoms with Crippen LogP contribution in [0.1, 0.15) is 36.6 Å². The third-order valence-electron chi connectivity index (χ3n) is 6.14. The fourth-order valence-electron chi connectivity index (χ4n) is 4.19. The zero-order valence-corrected chi connectivity index (χ0v) is 29.5. The second-order valence-electron chi connectivity index (χ2n) is 9.26. The summed E-state index contributed by atoms with van der Waals surface area (Å²) >= 11 is 23.1. The number of rotatable bonds is 11. The van der Waals surface area contributed by atoms with Crippen molar-refractivity contribution in [2.45, 2.75) is 26.5 Å². The van der Waals surface area contributed by atoms with Gasteiger partial charge < -0.3 is 24.8 Å². The summed E-state index contributed by atoms with van der Waals surface area (Å²) < 4.78 is 18.6. The Morgan fingerprint density at radius 1 is 1.14 bits per heavy atom. The van der Waals surface area contributed by atoms with E-state index in [1.54, 1.807) is 50.2 Å². The Morgan fingerprint density at radius 2 is 1.91 bits per heavy atom. The van der Waals surface area contributed by atoms with Gasteiger partial charge in [0.25, 0.3) is 5.91 Å². The monoisotopic (exact) mass is 830 g/mol. The van der Waals surface area contributed by atoms with Crippen molar-refractivity contribution in [2.24, 2.45) is 5.10 Å². The second kappa shape index (κ2) is 15.9. The van der Waals surface area contributed by atoms with Gasteiger partial charge in [-0.15, -0.1) is 0 Å². The summed E-state index contributed by atoms with van der Waals surface area (Å²) in [5, 5.41) is 11.4. The minimum absolute atomic E-state index is 0.222. The molecule has 1 heterocycles. The predicted octanol–water partition coefficient (Wildman–Crippen LogP) is 6.82. The molecule has 1 aliphatic rings. The molecule has 0 saturated heterocycles. The topological polar surface area (TPSA) is 110 Å². The number of hydrazone groups is 1. The number of nitrogens with zero attached hydrogens (tertiary/aromatic N) is 1. The first-order valence-corrected chi connectivity index (χ1v) is 16.2. The maximum absolute atomic E-state index is 12.7. The number of ether oxygens (including phenoxy) is 3. The Morgan fingerprint density at radius 3 is 2.64 bits per heavy atom. The summed E-state index contributed by atoms with van der Waals surface area (Å²) in [7, 11) is 0. The van der Waals surface area contributed by atoms with E-state index in [2.05, 4.69) is 59.7 Å². The summed E-state index contributed by atoms with van der Waals surface area (Å²) in [6.07, 6.45) is 1.51. The van der Waals surface area contributed by atoms with Crippen LogP contribution in [0.15, 0.2) is 75.4 Å². The normalized spacial score (nSPS) is 14.6. The molecule has 0 bridgehead atoms. The fraction of sp³-hybridized carbons (Fsp3) is 0.200. The Bertz CT molecular complexity index is 1630. The molecule has 14 heteroatoms. The zero-order chi connectivity index (χ0) is 31.8. The average molecular weight is 832 g/mol. The van der Waals surface area contributed by atoms with Crippen molar-refractivity contribution in [1.82, 2.24) is 16.1 Å². The van der Waals surface area contributed by atoms with E-state index in [1.807, 2.05) is 18.2 Å². The highest BCUT2D eigenvalue weighted by Crippen LogP contribution is 2.34. The van der Waals surface area contributed by atoms with Crippen LogP contribution in [-0.4, -0.2) is 36.4 Å². The molecule has 3 aromatic rings. The van der Waals surface area contributed by atoms with Gasteiger partial charge in [0, 0.05) is 11.3 Å². The summed E-state index contributed by atoms with van der Waals surface area (Å²) in [6, 6.07) is 15.5. The van der Waals surface area contributed by atoms with E-state index in [-0.39, 0.29) is 13.2 Å². The molecule has 0 spiro atoms. The van der Waals surface area contributed by atoms with E-state index in [1.165, 1.54) is 6.21 Å². The van der Waals surface area contributed by atoms with E-state index < -0.39 is 17.9 Å². The number of hydrogen-bond donors (Lipinski definition) is 3. The van der Waals surface area contributed by atoms with Gasteiger partial charge in [-0.05, 0) is 106 Å². The number of thiocarbonyl (C=S) groups is 1. The maximum Gasteiger partial charge on any atom is 0.338 e. The van der Waals surface area contributed by atoms with E-state index in [0.717, 1.165) is 19.2 Å². The molecule has 44 heavy (non-hydrogen) atoms. The van der Waals surface area contributed by atoms with Crippen LogP contribution >= 0.6 is 73.9 Å². The van der Waals surface area contributed by atoms with E-state index >= 15 is 0 Å². The van der Waals surface area contributed by atoms with Gasteiger partial charge in [0.1, 0.15) is 18.1 Å². The van der Waals surface area contributed by atoms with Gasteiger partial charge in [0.2, 0.25) is 0 Å². The van der Waals surface area contributed by atoms with Crippen molar-refractivity contribution >= 4 is 97.1 Å². The SMILES string of the molecule is CCOC(=O)C1=C(C)NC(=S)N[C@@H]1c1ccccc1OCC(=O)NN=Cc1cc(Br)c(OCc2ccc(Cl)c(Cl)c2)c(I)c1. The second-order valence-corrected chi connectivity index (χ2v) is 12.5. The van der Waals surface area contributed by atoms with Crippen molar-refractivity contribution in [1.29, 1.82) is 0 Å². The number of para-hydroxylation sites is 1. The number of halogens is 4. The number of amides is 1. The Labute approximate surface area is 292 Å². The molecular formula is C30H26BrCl2IN4O5S. The zero-order valence-electron chi connectivity index (χ0n) is 23.4. The molecule has 230 valence electrons. The first kappa shape index (κ1) is 34.0. The van der Waals surface area contributed by atoms with E-state index in [4.69, 9.17) is 49.6 Å². The third kappa shape index (κ3) is 8.84. The highest BCUT2D eigenvalue weighted by molar-refractivity contribution is 14.1. The van der Waals surface area contributed by atoms with Crippen LogP contribution in [0.5, 0.6) is 11.5 Å². The number of esters is 1. The molecule has 0 aliphatic carbocycles. The van der Waals surface area contributed by atoms with E-state index in [9.17, 15) is 9.59 Å². The summed E-state index contributed by atoms with van der Waals surface area (Å²) in [4.78, 5) is 25.3. The number of allylic oxidation sites excluding steroid dienone is 1. The molecule has 1 amide bonds. The summed E-state index contributed by atoms with van der Waals surface area (Å²) in [6.45, 7) is 3.70. The number of nitrogens with one attached hydrogen (secondary N) is 3. The molecule has 1 atom stereocenters. The number of carbonyl (C=O) groups is 2. The Kier molecular flexibility index (Phi) is 12.3. The molecule has 3 N–H and O–H groups in total. The van der Waals surface area contributed by atoms with Crippen LogP contribution in [0.2, 0.25) is 10.0 Å². The molecule has 3 aromatic carbocycles. The lowest BCUT2D eigenvalue weighted by molar-refractivity contribution is -0.139. The molecule has 1 aliphatic heterocycles. The predicted molar refractivity (Wildman–Crippen MR) is 186 cm³/mol. The van der Waals surface area contributed by atoms with Gasteiger partial charge in [-0.25, -0.2) is 10.2 Å². The summed E-state index contributed by atoms with van der Waals surface area (Å²) in [5.74, 6) is 0.104. The van der Waals surface area contributed by atoms with Crippen molar-refractivity contribution in [3.63, 3.8) is 0 Å². The van der Waals surface area contributed by atoms with Crippen molar-refractivity contribution in [3.8, 4) is 11.5 Å². The smallest absolute Gasteiger partial charge is 0.338 e.